The monoisotopic (exact) mass is 392 g/mol. The molecule has 4 N–H and O–H groups in total. The van der Waals surface area contributed by atoms with Gasteiger partial charge in [0.2, 0.25) is 11.5 Å². The van der Waals surface area contributed by atoms with Crippen LogP contribution >= 0.6 is 23.2 Å². The van der Waals surface area contributed by atoms with Crippen molar-refractivity contribution in [2.24, 2.45) is 0 Å². The van der Waals surface area contributed by atoms with Crippen molar-refractivity contribution in [1.29, 1.82) is 0 Å². The predicted molar refractivity (Wildman–Crippen MR) is 98.3 cm³/mol. The minimum Gasteiger partial charge on any atom is -0.379 e. The number of benzene rings is 2. The second-order valence-corrected chi connectivity index (χ2v) is 6.18. The highest BCUT2D eigenvalue weighted by Gasteiger charge is 2.21. The molecule has 0 saturated heterocycles. The van der Waals surface area contributed by atoms with Crippen LogP contribution in [0.4, 0.5) is 5.82 Å². The van der Waals surface area contributed by atoms with E-state index in [1.54, 1.807) is 18.2 Å². The van der Waals surface area contributed by atoms with Crippen LogP contribution in [0.5, 0.6) is 0 Å². The van der Waals surface area contributed by atoms with Crippen LogP contribution in [0.15, 0.2) is 53.2 Å². The number of nitrogens with two attached hydrogens (primary N) is 1. The van der Waals surface area contributed by atoms with Crippen molar-refractivity contribution < 1.29 is 14.5 Å². The fraction of sp³-hybridized carbons (Fsp3) is 0.118. The van der Waals surface area contributed by atoms with E-state index >= 15 is 0 Å². The fourth-order valence-electron chi connectivity index (χ4n) is 2.15. The molecule has 1 aromatic heterocycles. The molecule has 134 valence electrons. The first kappa shape index (κ1) is 18.2. The Hall–Kier alpha value is -2.61. The summed E-state index contributed by atoms with van der Waals surface area (Å²) >= 11 is 12.0. The molecule has 0 unspecified atom stereocenters. The van der Waals surface area contributed by atoms with Gasteiger partial charge in [0.1, 0.15) is 13.2 Å². The molecule has 0 amide bonds. The van der Waals surface area contributed by atoms with Crippen molar-refractivity contribution in [2.75, 3.05) is 5.73 Å². The highest BCUT2D eigenvalue weighted by molar-refractivity contribution is 6.35. The summed E-state index contributed by atoms with van der Waals surface area (Å²) in [5.74, 6) is 0.568. The van der Waals surface area contributed by atoms with Crippen molar-refractivity contribution in [2.45, 2.75) is 13.2 Å². The van der Waals surface area contributed by atoms with Gasteiger partial charge >= 0.3 is 5.84 Å². The molecule has 0 fully saturated rings. The van der Waals surface area contributed by atoms with Crippen LogP contribution < -0.4 is 16.2 Å². The van der Waals surface area contributed by atoms with Crippen molar-refractivity contribution in [3.8, 4) is 0 Å². The lowest BCUT2D eigenvalue weighted by Gasteiger charge is -2.04. The predicted octanol–water partition coefficient (Wildman–Crippen LogP) is 1.71. The molecule has 0 aliphatic rings. The molecule has 3 rings (SSSR count). The third-order valence-electron chi connectivity index (χ3n) is 3.48. The van der Waals surface area contributed by atoms with E-state index in [1.165, 1.54) is 0 Å². The minimum absolute atomic E-state index is 0.140. The normalized spacial score (nSPS) is 11.5. The molecule has 1 heterocycles. The maximum atomic E-state index is 6.14. The summed E-state index contributed by atoms with van der Waals surface area (Å²) in [5.41, 5.74) is 10.7. The van der Waals surface area contributed by atoms with Gasteiger partial charge < -0.3 is 5.73 Å². The van der Waals surface area contributed by atoms with Gasteiger partial charge in [-0.15, -0.1) is 5.48 Å². The average Bonchev–Trinajstić information content (AvgIpc) is 3.06. The molecule has 0 spiro atoms. The largest absolute Gasteiger partial charge is 0.379 e. The maximum Gasteiger partial charge on any atom is 0.332 e. The van der Waals surface area contributed by atoms with E-state index in [1.807, 2.05) is 30.3 Å². The molecule has 2 aromatic carbocycles. The number of hydrogen-bond acceptors (Lipinski definition) is 5. The van der Waals surface area contributed by atoms with Crippen LogP contribution in [0, 0.1) is 0 Å². The van der Waals surface area contributed by atoms with Crippen LogP contribution in [0.2, 0.25) is 10.0 Å². The number of aromatic nitrogens is 2. The lowest BCUT2D eigenvalue weighted by molar-refractivity contribution is -0.479. The zero-order chi connectivity index (χ0) is 18.4. The highest BCUT2D eigenvalue weighted by atomic mass is 35.5. The summed E-state index contributed by atoms with van der Waals surface area (Å²) in [5, 5.41) is 8.44. The lowest BCUT2D eigenvalue weighted by Crippen LogP contribution is -2.74. The smallest absolute Gasteiger partial charge is 0.332 e. The Morgan fingerprint density at radius 1 is 1.15 bits per heavy atom. The maximum absolute atomic E-state index is 6.14. The first-order valence-electron chi connectivity index (χ1n) is 7.68. The van der Waals surface area contributed by atoms with Crippen LogP contribution in [0.25, 0.3) is 0 Å². The number of nitrogens with zero attached hydrogens (tertiary/aromatic N) is 2. The number of anilines is 1. The first-order valence-corrected chi connectivity index (χ1v) is 8.44. The average molecular weight is 393 g/mol. The standard InChI is InChI=1S/C17H15Cl2N5O2/c18-13-7-6-12(14(19)8-13)10-25-24-17(15-16(20)23-26-22-15)21-9-11-4-2-1-3-5-11/h1-8H,9-10H2,(H2,20,23)(H,21,24)/p+1. The van der Waals surface area contributed by atoms with Crippen LogP contribution in [-0.2, 0) is 18.0 Å². The van der Waals surface area contributed by atoms with Gasteiger partial charge in [-0.05, 0) is 28.0 Å². The molecule has 7 nitrogen and oxygen atoms in total. The highest BCUT2D eigenvalue weighted by Crippen LogP contribution is 2.21. The molecule has 0 radical (unpaired) electrons. The molecule has 0 aliphatic heterocycles. The SMILES string of the molecule is Nc1nonc1C(NOCc1ccc(Cl)cc1Cl)=[NH+]Cc1ccccc1. The van der Waals surface area contributed by atoms with Gasteiger partial charge in [0.15, 0.2) is 0 Å². The molecule has 26 heavy (non-hydrogen) atoms. The summed E-state index contributed by atoms with van der Waals surface area (Å²) in [6.45, 7) is 0.734. The number of nitrogens with one attached hydrogen (secondary N) is 2. The van der Waals surface area contributed by atoms with E-state index in [-0.39, 0.29) is 12.4 Å². The van der Waals surface area contributed by atoms with E-state index in [9.17, 15) is 0 Å². The van der Waals surface area contributed by atoms with E-state index in [0.717, 1.165) is 11.1 Å². The van der Waals surface area contributed by atoms with Crippen molar-refractivity contribution >= 4 is 34.9 Å². The molecular formula is C17H16Cl2N5O2+. The summed E-state index contributed by atoms with van der Waals surface area (Å²) in [4.78, 5) is 8.70. The Morgan fingerprint density at radius 3 is 2.65 bits per heavy atom. The van der Waals surface area contributed by atoms with Gasteiger partial charge in [-0.2, -0.15) is 4.84 Å². The zero-order valence-electron chi connectivity index (χ0n) is 13.6. The molecule has 0 bridgehead atoms. The Labute approximate surface area is 159 Å². The van der Waals surface area contributed by atoms with E-state index < -0.39 is 0 Å². The zero-order valence-corrected chi connectivity index (χ0v) is 15.1. The van der Waals surface area contributed by atoms with Gasteiger partial charge in [0, 0.05) is 15.6 Å². The first-order chi connectivity index (χ1) is 12.6. The quantitative estimate of drug-likeness (QED) is 0.335. The summed E-state index contributed by atoms with van der Waals surface area (Å²) in [6, 6.07) is 15.0. The molecule has 0 aliphatic carbocycles. The third-order valence-corrected chi connectivity index (χ3v) is 4.07. The van der Waals surface area contributed by atoms with Crippen LogP contribution in [0.1, 0.15) is 16.8 Å². The summed E-state index contributed by atoms with van der Waals surface area (Å²) in [6.07, 6.45) is 0. The Bertz CT molecular complexity index is 899. The van der Waals surface area contributed by atoms with Gasteiger partial charge in [-0.25, -0.2) is 4.63 Å². The number of hydrogen-bond donors (Lipinski definition) is 3. The van der Waals surface area contributed by atoms with E-state index in [2.05, 4.69) is 25.4 Å². The Morgan fingerprint density at radius 2 is 1.96 bits per heavy atom. The van der Waals surface area contributed by atoms with Crippen molar-refractivity contribution in [3.63, 3.8) is 0 Å². The molecule has 0 atom stereocenters. The molecule has 0 saturated carbocycles. The number of nitrogen functional groups attached to an aromatic ring is 1. The van der Waals surface area contributed by atoms with E-state index in [4.69, 9.17) is 33.8 Å². The number of hydroxylamine groups is 1. The number of rotatable bonds is 6. The second kappa shape index (κ2) is 8.66. The molecule has 3 aromatic rings. The van der Waals surface area contributed by atoms with Gasteiger partial charge in [-0.3, -0.25) is 4.99 Å². The van der Waals surface area contributed by atoms with Gasteiger partial charge in [-0.1, -0.05) is 59.6 Å². The number of amidine groups is 1. The van der Waals surface area contributed by atoms with Crippen LogP contribution in [-0.4, -0.2) is 16.1 Å². The second-order valence-electron chi connectivity index (χ2n) is 5.34. The van der Waals surface area contributed by atoms with Crippen LogP contribution in [0.3, 0.4) is 0 Å². The number of halogens is 2. The Kier molecular flexibility index (Phi) is 6.06. The van der Waals surface area contributed by atoms with E-state index in [0.29, 0.717) is 28.1 Å². The fourth-order valence-corrected chi connectivity index (χ4v) is 2.61. The summed E-state index contributed by atoms with van der Waals surface area (Å²) in [7, 11) is 0. The lowest BCUT2D eigenvalue weighted by atomic mass is 10.2. The molecule has 9 heteroatoms. The summed E-state index contributed by atoms with van der Waals surface area (Å²) < 4.78 is 4.66. The topological polar surface area (TPSA) is 100 Å². The van der Waals surface area contributed by atoms with Crippen molar-refractivity contribution in [3.05, 3.63) is 75.4 Å². The van der Waals surface area contributed by atoms with Gasteiger partial charge in [0.25, 0.3) is 0 Å². The third kappa shape index (κ3) is 4.72. The molecular weight excluding hydrogens is 377 g/mol. The minimum atomic E-state index is 0.140. The van der Waals surface area contributed by atoms with Gasteiger partial charge in [0.05, 0.1) is 0 Å². The Balaban J connectivity index is 1.71. The van der Waals surface area contributed by atoms with Crippen molar-refractivity contribution in [1.82, 2.24) is 15.8 Å².